The molecule has 0 saturated heterocycles. The minimum atomic E-state index is -0.686. The zero-order chi connectivity index (χ0) is 11.7. The molecule has 1 unspecified atom stereocenters. The molecule has 0 fully saturated rings. The predicted molar refractivity (Wildman–Crippen MR) is 63.1 cm³/mol. The van der Waals surface area contributed by atoms with Crippen molar-refractivity contribution in [3.63, 3.8) is 0 Å². The van der Waals surface area contributed by atoms with Gasteiger partial charge in [-0.3, -0.25) is 4.79 Å². The van der Waals surface area contributed by atoms with E-state index in [9.17, 15) is 4.79 Å². The van der Waals surface area contributed by atoms with Crippen LogP contribution in [0.2, 0.25) is 0 Å². The molecule has 0 aromatic rings. The molecule has 1 N–H and O–H groups in total. The lowest BCUT2D eigenvalue weighted by Gasteiger charge is -2.28. The summed E-state index contributed by atoms with van der Waals surface area (Å²) in [6.07, 6.45) is 4.60. The first-order valence-electron chi connectivity index (χ1n) is 6.07. The Morgan fingerprint density at radius 2 is 1.87 bits per heavy atom. The minimum absolute atomic E-state index is 0.291. The molecule has 0 heterocycles. The summed E-state index contributed by atoms with van der Waals surface area (Å²) >= 11 is 0. The summed E-state index contributed by atoms with van der Waals surface area (Å²) in [5, 5.41) is 8.58. The summed E-state index contributed by atoms with van der Waals surface area (Å²) in [4.78, 5) is 12.8. The van der Waals surface area contributed by atoms with Gasteiger partial charge in [-0.1, -0.05) is 20.3 Å². The van der Waals surface area contributed by atoms with Crippen LogP contribution in [0.4, 0.5) is 0 Å². The van der Waals surface area contributed by atoms with Crippen LogP contribution in [0.25, 0.3) is 0 Å². The fraction of sp³-hybridized carbons (Fsp3) is 0.917. The van der Waals surface area contributed by atoms with Crippen molar-refractivity contribution in [1.82, 2.24) is 4.90 Å². The van der Waals surface area contributed by atoms with E-state index in [0.29, 0.717) is 12.5 Å². The van der Waals surface area contributed by atoms with Crippen LogP contribution in [0.3, 0.4) is 0 Å². The molecule has 0 aromatic carbocycles. The molecule has 0 saturated carbocycles. The summed E-state index contributed by atoms with van der Waals surface area (Å²) in [5.41, 5.74) is 0. The van der Waals surface area contributed by atoms with Gasteiger partial charge < -0.3 is 10.0 Å². The summed E-state index contributed by atoms with van der Waals surface area (Å²) in [6, 6.07) is 0.574. The number of carboxylic acid groups (broad SMARTS) is 1. The van der Waals surface area contributed by atoms with Gasteiger partial charge in [-0.2, -0.15) is 0 Å². The number of nitrogens with zero attached hydrogens (tertiary/aromatic N) is 1. The first kappa shape index (κ1) is 14.4. The molecule has 0 aromatic heterocycles. The van der Waals surface area contributed by atoms with Crippen molar-refractivity contribution in [3.05, 3.63) is 0 Å². The molecule has 0 aliphatic rings. The third-order valence-electron chi connectivity index (χ3n) is 2.85. The maximum Gasteiger partial charge on any atom is 0.303 e. The number of rotatable bonds is 9. The molecule has 90 valence electrons. The Morgan fingerprint density at radius 1 is 1.27 bits per heavy atom. The average molecular weight is 215 g/mol. The third-order valence-corrected chi connectivity index (χ3v) is 2.85. The highest BCUT2D eigenvalue weighted by molar-refractivity contribution is 5.66. The normalized spacial score (nSPS) is 13.1. The van der Waals surface area contributed by atoms with E-state index in [-0.39, 0.29) is 0 Å². The van der Waals surface area contributed by atoms with Crippen LogP contribution >= 0.6 is 0 Å². The van der Waals surface area contributed by atoms with Gasteiger partial charge in [-0.25, -0.2) is 0 Å². The lowest BCUT2D eigenvalue weighted by atomic mass is 10.1. The molecule has 0 amide bonds. The van der Waals surface area contributed by atoms with Crippen LogP contribution in [-0.4, -0.2) is 35.1 Å². The van der Waals surface area contributed by atoms with E-state index < -0.39 is 5.97 Å². The first-order valence-corrected chi connectivity index (χ1v) is 6.07. The molecule has 0 spiro atoms. The molecular weight excluding hydrogens is 190 g/mol. The minimum Gasteiger partial charge on any atom is -0.481 e. The van der Waals surface area contributed by atoms with E-state index >= 15 is 0 Å². The average Bonchev–Trinajstić information content (AvgIpc) is 2.21. The van der Waals surface area contributed by atoms with Gasteiger partial charge in [-0.15, -0.1) is 0 Å². The van der Waals surface area contributed by atoms with Crippen LogP contribution < -0.4 is 0 Å². The fourth-order valence-electron chi connectivity index (χ4n) is 1.61. The van der Waals surface area contributed by atoms with Gasteiger partial charge in [0.25, 0.3) is 0 Å². The Bertz CT molecular complexity index is 171. The Morgan fingerprint density at radius 3 is 2.33 bits per heavy atom. The van der Waals surface area contributed by atoms with Crippen LogP contribution in [0.15, 0.2) is 0 Å². The highest BCUT2D eigenvalue weighted by Gasteiger charge is 2.11. The molecule has 0 bridgehead atoms. The van der Waals surface area contributed by atoms with Gasteiger partial charge in [0.05, 0.1) is 0 Å². The van der Waals surface area contributed by atoms with Crippen molar-refractivity contribution < 1.29 is 9.90 Å². The van der Waals surface area contributed by atoms with Crippen LogP contribution in [0, 0.1) is 0 Å². The third kappa shape index (κ3) is 7.37. The van der Waals surface area contributed by atoms with E-state index in [1.807, 2.05) is 0 Å². The van der Waals surface area contributed by atoms with E-state index in [2.05, 4.69) is 25.7 Å². The van der Waals surface area contributed by atoms with Crippen LogP contribution in [0.1, 0.15) is 52.9 Å². The van der Waals surface area contributed by atoms with Crippen molar-refractivity contribution in [1.29, 1.82) is 0 Å². The van der Waals surface area contributed by atoms with Crippen molar-refractivity contribution in [2.75, 3.05) is 13.1 Å². The molecule has 0 aliphatic carbocycles. The van der Waals surface area contributed by atoms with Crippen LogP contribution in [-0.2, 0) is 4.79 Å². The summed E-state index contributed by atoms with van der Waals surface area (Å²) in [5.74, 6) is -0.686. The number of carbonyl (C=O) groups is 1. The number of carboxylic acids is 1. The molecule has 3 nitrogen and oxygen atoms in total. The standard InChI is InChI=1S/C12H25NO2/c1-4-6-9-13(11(3)5-2)10-7-8-12(14)15/h11H,4-10H2,1-3H3,(H,14,15). The smallest absolute Gasteiger partial charge is 0.303 e. The number of aliphatic carboxylic acids is 1. The highest BCUT2D eigenvalue weighted by atomic mass is 16.4. The second-order valence-electron chi connectivity index (χ2n) is 4.14. The Hall–Kier alpha value is -0.570. The van der Waals surface area contributed by atoms with Gasteiger partial charge in [0.15, 0.2) is 0 Å². The van der Waals surface area contributed by atoms with Gasteiger partial charge in [0.1, 0.15) is 0 Å². The molecule has 0 radical (unpaired) electrons. The molecular formula is C12H25NO2. The lowest BCUT2D eigenvalue weighted by Crippen LogP contribution is -2.34. The van der Waals surface area contributed by atoms with Gasteiger partial charge in [-0.05, 0) is 39.3 Å². The topological polar surface area (TPSA) is 40.5 Å². The SMILES string of the molecule is CCCCN(CCCC(=O)O)C(C)CC. The van der Waals surface area contributed by atoms with Gasteiger partial charge in [0, 0.05) is 12.5 Å². The molecule has 15 heavy (non-hydrogen) atoms. The van der Waals surface area contributed by atoms with E-state index in [0.717, 1.165) is 25.9 Å². The summed E-state index contributed by atoms with van der Waals surface area (Å²) < 4.78 is 0. The number of hydrogen-bond acceptors (Lipinski definition) is 2. The summed E-state index contributed by atoms with van der Waals surface area (Å²) in [6.45, 7) is 8.61. The van der Waals surface area contributed by atoms with Crippen molar-refractivity contribution in [2.24, 2.45) is 0 Å². The van der Waals surface area contributed by atoms with Crippen LogP contribution in [0.5, 0.6) is 0 Å². The Balaban J connectivity index is 3.84. The van der Waals surface area contributed by atoms with Gasteiger partial charge in [0.2, 0.25) is 0 Å². The quantitative estimate of drug-likeness (QED) is 0.643. The largest absolute Gasteiger partial charge is 0.481 e. The zero-order valence-electron chi connectivity index (χ0n) is 10.3. The monoisotopic (exact) mass is 215 g/mol. The maximum absolute atomic E-state index is 10.4. The predicted octanol–water partition coefficient (Wildman–Crippen LogP) is 2.75. The number of unbranched alkanes of at least 4 members (excludes halogenated alkanes) is 1. The Kier molecular flexibility index (Phi) is 8.38. The second kappa shape index (κ2) is 8.72. The van der Waals surface area contributed by atoms with E-state index in [1.54, 1.807) is 0 Å². The van der Waals surface area contributed by atoms with Crippen molar-refractivity contribution in [2.45, 2.75) is 58.9 Å². The first-order chi connectivity index (χ1) is 7.11. The number of hydrogen-bond donors (Lipinski definition) is 1. The second-order valence-corrected chi connectivity index (χ2v) is 4.14. The highest BCUT2D eigenvalue weighted by Crippen LogP contribution is 2.07. The lowest BCUT2D eigenvalue weighted by molar-refractivity contribution is -0.137. The van der Waals surface area contributed by atoms with Crippen molar-refractivity contribution >= 4 is 5.97 Å². The molecule has 0 rings (SSSR count). The Labute approximate surface area is 93.5 Å². The zero-order valence-corrected chi connectivity index (χ0v) is 10.3. The molecule has 3 heteroatoms. The molecule has 1 atom stereocenters. The maximum atomic E-state index is 10.4. The fourth-order valence-corrected chi connectivity index (χ4v) is 1.61. The van der Waals surface area contributed by atoms with E-state index in [4.69, 9.17) is 5.11 Å². The summed E-state index contributed by atoms with van der Waals surface area (Å²) in [7, 11) is 0. The molecule has 0 aliphatic heterocycles. The van der Waals surface area contributed by atoms with E-state index in [1.165, 1.54) is 12.8 Å². The van der Waals surface area contributed by atoms with Crippen molar-refractivity contribution in [3.8, 4) is 0 Å². The van der Waals surface area contributed by atoms with Gasteiger partial charge >= 0.3 is 5.97 Å².